The van der Waals surface area contributed by atoms with Crippen LogP contribution in [0.5, 0.6) is 0 Å². The minimum absolute atomic E-state index is 0.398. The van der Waals surface area contributed by atoms with Crippen molar-refractivity contribution in [3.05, 3.63) is 41.7 Å². The molecule has 0 aliphatic heterocycles. The van der Waals surface area contributed by atoms with Gasteiger partial charge in [-0.15, -0.1) is 10.2 Å². The molecular weight excluding hydrogens is 226 g/mol. The zero-order chi connectivity index (χ0) is 12.4. The van der Waals surface area contributed by atoms with Crippen LogP contribution >= 0.6 is 0 Å². The van der Waals surface area contributed by atoms with Gasteiger partial charge in [0.15, 0.2) is 0 Å². The van der Waals surface area contributed by atoms with Gasteiger partial charge in [-0.1, -0.05) is 6.07 Å². The molecule has 2 aromatic rings. The number of nitrogens with one attached hydrogen (secondary N) is 1. The van der Waals surface area contributed by atoms with Gasteiger partial charge >= 0.3 is 0 Å². The lowest BCUT2D eigenvalue weighted by Gasteiger charge is -2.12. The Kier molecular flexibility index (Phi) is 3.06. The Hall–Kier alpha value is -1.75. The summed E-state index contributed by atoms with van der Waals surface area (Å²) in [5, 5.41) is 11.5. The fourth-order valence-corrected chi connectivity index (χ4v) is 2.50. The Morgan fingerprint density at radius 2 is 2.44 bits per heavy atom. The zero-order valence-corrected chi connectivity index (χ0v) is 10.5. The van der Waals surface area contributed by atoms with Gasteiger partial charge in [0, 0.05) is 26.2 Å². The lowest BCUT2D eigenvalue weighted by atomic mass is 10.2. The summed E-state index contributed by atoms with van der Waals surface area (Å²) in [6.45, 7) is 0.910. The molecule has 0 saturated carbocycles. The third-order valence-corrected chi connectivity index (χ3v) is 3.50. The van der Waals surface area contributed by atoms with Crippen LogP contribution in [0.3, 0.4) is 0 Å². The fraction of sp³-hybridized carbons (Fsp3) is 0.462. The first-order valence-corrected chi connectivity index (χ1v) is 6.34. The van der Waals surface area contributed by atoms with E-state index in [9.17, 15) is 0 Å². The van der Waals surface area contributed by atoms with Crippen molar-refractivity contribution >= 4 is 0 Å². The minimum Gasteiger partial charge on any atom is -0.321 e. The zero-order valence-electron chi connectivity index (χ0n) is 10.5. The van der Waals surface area contributed by atoms with Gasteiger partial charge in [0.1, 0.15) is 12.2 Å². The lowest BCUT2D eigenvalue weighted by molar-refractivity contribution is 0.517. The molecule has 1 N–H and O–H groups in total. The van der Waals surface area contributed by atoms with Crippen LogP contribution in [-0.4, -0.2) is 26.3 Å². The largest absolute Gasteiger partial charge is 0.321 e. The number of aryl methyl sites for hydroxylation is 2. The summed E-state index contributed by atoms with van der Waals surface area (Å²) in [7, 11) is 1.97. The summed E-state index contributed by atoms with van der Waals surface area (Å²) >= 11 is 0. The topological polar surface area (TPSA) is 55.6 Å². The summed E-state index contributed by atoms with van der Waals surface area (Å²) in [6, 6.07) is 4.59. The summed E-state index contributed by atoms with van der Waals surface area (Å²) in [5.74, 6) is 1.02. The van der Waals surface area contributed by atoms with Gasteiger partial charge in [0.25, 0.3) is 0 Å². The molecule has 5 heteroatoms. The maximum atomic E-state index is 4.48. The Balaban J connectivity index is 1.58. The molecule has 0 fully saturated rings. The summed E-state index contributed by atoms with van der Waals surface area (Å²) in [5.41, 5.74) is 2.60. The predicted octanol–water partition coefficient (Wildman–Crippen LogP) is 1.03. The molecule has 94 valence electrons. The normalized spacial score (nSPS) is 17.9. The Bertz CT molecular complexity index is 534. The van der Waals surface area contributed by atoms with Crippen LogP contribution in [-0.2, 0) is 19.9 Å². The number of fused-ring (bicyclic) bond motifs is 1. The fourth-order valence-electron chi connectivity index (χ4n) is 2.50. The molecule has 0 amide bonds. The number of nitrogens with zero attached hydrogens (tertiary/aromatic N) is 4. The average molecular weight is 243 g/mol. The van der Waals surface area contributed by atoms with Crippen LogP contribution in [0, 0.1) is 0 Å². The van der Waals surface area contributed by atoms with Crippen molar-refractivity contribution in [3.8, 4) is 0 Å². The van der Waals surface area contributed by atoms with Crippen molar-refractivity contribution in [3.63, 3.8) is 0 Å². The maximum absolute atomic E-state index is 4.48. The second kappa shape index (κ2) is 4.86. The highest BCUT2D eigenvalue weighted by Gasteiger charge is 2.22. The molecule has 1 aliphatic rings. The standard InChI is InChI=1S/C13H17N5/c1-18-9-16-17-12(18)6-8-14-11-5-4-10-3-2-7-15-13(10)11/h2-3,7,9,11,14H,4-6,8H2,1H3. The third kappa shape index (κ3) is 2.13. The van der Waals surface area contributed by atoms with E-state index in [0.717, 1.165) is 31.6 Å². The summed E-state index contributed by atoms with van der Waals surface area (Å²) in [6.07, 6.45) is 6.79. The molecular formula is C13H17N5. The third-order valence-electron chi connectivity index (χ3n) is 3.50. The van der Waals surface area contributed by atoms with Gasteiger partial charge in [-0.3, -0.25) is 4.98 Å². The molecule has 1 unspecified atom stereocenters. The molecule has 1 aliphatic carbocycles. The quantitative estimate of drug-likeness (QED) is 0.871. The molecule has 0 spiro atoms. The van der Waals surface area contributed by atoms with E-state index in [2.05, 4.69) is 26.6 Å². The van der Waals surface area contributed by atoms with Crippen molar-refractivity contribution < 1.29 is 0 Å². The molecule has 0 radical (unpaired) electrons. The van der Waals surface area contributed by atoms with Crippen LogP contribution in [0.2, 0.25) is 0 Å². The summed E-state index contributed by atoms with van der Waals surface area (Å²) in [4.78, 5) is 4.48. The first-order chi connectivity index (χ1) is 8.84. The average Bonchev–Trinajstić information content (AvgIpc) is 2.97. The Morgan fingerprint density at radius 1 is 1.50 bits per heavy atom. The smallest absolute Gasteiger partial charge is 0.133 e. The second-order valence-electron chi connectivity index (χ2n) is 4.70. The van der Waals surface area contributed by atoms with E-state index in [0.29, 0.717) is 6.04 Å². The molecule has 0 aromatic carbocycles. The van der Waals surface area contributed by atoms with E-state index in [1.807, 2.05) is 23.9 Å². The van der Waals surface area contributed by atoms with Crippen molar-refractivity contribution in [2.75, 3.05) is 6.54 Å². The van der Waals surface area contributed by atoms with Gasteiger partial charge < -0.3 is 9.88 Å². The van der Waals surface area contributed by atoms with Crippen molar-refractivity contribution in [1.82, 2.24) is 25.1 Å². The molecule has 3 rings (SSSR count). The Labute approximate surface area is 106 Å². The molecule has 2 heterocycles. The first kappa shape index (κ1) is 11.3. The highest BCUT2D eigenvalue weighted by Crippen LogP contribution is 2.28. The number of hydrogen-bond acceptors (Lipinski definition) is 4. The number of aromatic nitrogens is 4. The number of hydrogen-bond donors (Lipinski definition) is 1. The number of pyridine rings is 1. The van der Waals surface area contributed by atoms with Gasteiger partial charge in [-0.05, 0) is 24.5 Å². The van der Waals surface area contributed by atoms with Gasteiger partial charge in [0.2, 0.25) is 0 Å². The maximum Gasteiger partial charge on any atom is 0.133 e. The van der Waals surface area contributed by atoms with E-state index >= 15 is 0 Å². The Morgan fingerprint density at radius 3 is 3.28 bits per heavy atom. The van der Waals surface area contributed by atoms with Gasteiger partial charge in [0.05, 0.1) is 11.7 Å². The van der Waals surface area contributed by atoms with Crippen LogP contribution in [0.15, 0.2) is 24.7 Å². The van der Waals surface area contributed by atoms with Crippen LogP contribution in [0.1, 0.15) is 29.5 Å². The van der Waals surface area contributed by atoms with Crippen LogP contribution < -0.4 is 5.32 Å². The van der Waals surface area contributed by atoms with E-state index in [1.54, 1.807) is 6.33 Å². The van der Waals surface area contributed by atoms with E-state index in [-0.39, 0.29) is 0 Å². The van der Waals surface area contributed by atoms with Crippen LogP contribution in [0.25, 0.3) is 0 Å². The van der Waals surface area contributed by atoms with Crippen LogP contribution in [0.4, 0.5) is 0 Å². The van der Waals surface area contributed by atoms with Crippen molar-refractivity contribution in [2.24, 2.45) is 7.05 Å². The SMILES string of the molecule is Cn1cnnc1CCNC1CCc2cccnc21. The minimum atomic E-state index is 0.398. The lowest BCUT2D eigenvalue weighted by Crippen LogP contribution is -2.23. The van der Waals surface area contributed by atoms with Crippen molar-refractivity contribution in [2.45, 2.75) is 25.3 Å². The van der Waals surface area contributed by atoms with E-state index < -0.39 is 0 Å². The van der Waals surface area contributed by atoms with E-state index in [4.69, 9.17) is 0 Å². The molecule has 5 nitrogen and oxygen atoms in total. The highest BCUT2D eigenvalue weighted by molar-refractivity contribution is 5.27. The molecule has 0 bridgehead atoms. The van der Waals surface area contributed by atoms with Gasteiger partial charge in [-0.2, -0.15) is 0 Å². The molecule has 1 atom stereocenters. The second-order valence-corrected chi connectivity index (χ2v) is 4.70. The van der Waals surface area contributed by atoms with Gasteiger partial charge in [-0.25, -0.2) is 0 Å². The molecule has 0 saturated heterocycles. The van der Waals surface area contributed by atoms with Crippen molar-refractivity contribution in [1.29, 1.82) is 0 Å². The predicted molar refractivity (Wildman–Crippen MR) is 68.0 cm³/mol. The molecule has 2 aromatic heterocycles. The highest BCUT2D eigenvalue weighted by atomic mass is 15.2. The molecule has 18 heavy (non-hydrogen) atoms. The first-order valence-electron chi connectivity index (χ1n) is 6.34. The van der Waals surface area contributed by atoms with E-state index in [1.165, 1.54) is 11.3 Å². The number of rotatable bonds is 4. The monoisotopic (exact) mass is 243 g/mol. The summed E-state index contributed by atoms with van der Waals surface area (Å²) < 4.78 is 1.96.